The standard InChI is InChI=1S/C14H20N2O/c1-15-13-8-6-7-12(11-13)14(17)16-9-4-2-3-5-10-16/h6-8,11,15H,2-5,9-10H2,1H3. The van der Waals surface area contributed by atoms with Crippen LogP contribution in [0.3, 0.4) is 0 Å². The Labute approximate surface area is 103 Å². The Hall–Kier alpha value is -1.51. The molecule has 92 valence electrons. The zero-order chi connectivity index (χ0) is 12.1. The van der Waals surface area contributed by atoms with Crippen LogP contribution in [0.15, 0.2) is 24.3 Å². The van der Waals surface area contributed by atoms with Crippen LogP contribution in [-0.2, 0) is 0 Å². The summed E-state index contributed by atoms with van der Waals surface area (Å²) in [7, 11) is 1.87. The molecule has 0 saturated carbocycles. The Kier molecular flexibility index (Phi) is 4.02. The number of hydrogen-bond donors (Lipinski definition) is 1. The molecule has 1 aliphatic rings. The Morgan fingerprint density at radius 2 is 1.88 bits per heavy atom. The molecule has 2 rings (SSSR count). The maximum atomic E-state index is 12.3. The van der Waals surface area contributed by atoms with E-state index in [-0.39, 0.29) is 5.91 Å². The summed E-state index contributed by atoms with van der Waals surface area (Å²) in [5.74, 6) is 0.170. The van der Waals surface area contributed by atoms with Crippen molar-refractivity contribution in [3.63, 3.8) is 0 Å². The second kappa shape index (κ2) is 5.71. The van der Waals surface area contributed by atoms with Crippen LogP contribution in [0.4, 0.5) is 5.69 Å². The third kappa shape index (κ3) is 2.99. The molecule has 1 aliphatic heterocycles. The highest BCUT2D eigenvalue weighted by molar-refractivity contribution is 5.95. The third-order valence-corrected chi connectivity index (χ3v) is 3.29. The van der Waals surface area contributed by atoms with Gasteiger partial charge < -0.3 is 10.2 Å². The molecule has 17 heavy (non-hydrogen) atoms. The fraction of sp³-hybridized carbons (Fsp3) is 0.500. The molecule has 3 nitrogen and oxygen atoms in total. The average molecular weight is 232 g/mol. The van der Waals surface area contributed by atoms with Crippen LogP contribution in [0, 0.1) is 0 Å². The van der Waals surface area contributed by atoms with Gasteiger partial charge in [-0.25, -0.2) is 0 Å². The second-order valence-electron chi connectivity index (χ2n) is 4.54. The number of nitrogens with one attached hydrogen (secondary N) is 1. The quantitative estimate of drug-likeness (QED) is 0.850. The van der Waals surface area contributed by atoms with E-state index >= 15 is 0 Å². The summed E-state index contributed by atoms with van der Waals surface area (Å²) < 4.78 is 0. The number of carbonyl (C=O) groups excluding carboxylic acids is 1. The van der Waals surface area contributed by atoms with Crippen LogP contribution in [-0.4, -0.2) is 30.9 Å². The average Bonchev–Trinajstić information content (AvgIpc) is 2.67. The molecule has 1 saturated heterocycles. The SMILES string of the molecule is CNc1cccc(C(=O)N2CCCCCC2)c1. The smallest absolute Gasteiger partial charge is 0.253 e. The topological polar surface area (TPSA) is 32.3 Å². The van der Waals surface area contributed by atoms with Gasteiger partial charge in [0.05, 0.1) is 0 Å². The van der Waals surface area contributed by atoms with E-state index < -0.39 is 0 Å². The van der Waals surface area contributed by atoms with Crippen molar-refractivity contribution < 1.29 is 4.79 Å². The monoisotopic (exact) mass is 232 g/mol. The third-order valence-electron chi connectivity index (χ3n) is 3.29. The highest BCUT2D eigenvalue weighted by atomic mass is 16.2. The normalized spacial score (nSPS) is 16.4. The number of carbonyl (C=O) groups is 1. The van der Waals surface area contributed by atoms with E-state index in [1.807, 2.05) is 36.2 Å². The first-order chi connectivity index (χ1) is 8.31. The highest BCUT2D eigenvalue weighted by Gasteiger charge is 2.17. The van der Waals surface area contributed by atoms with Gasteiger partial charge in [-0.15, -0.1) is 0 Å². The molecule has 0 spiro atoms. The van der Waals surface area contributed by atoms with Crippen LogP contribution in [0.25, 0.3) is 0 Å². The van der Waals surface area contributed by atoms with Crippen molar-refractivity contribution in [2.75, 3.05) is 25.5 Å². The molecular weight excluding hydrogens is 212 g/mol. The first-order valence-electron chi connectivity index (χ1n) is 6.38. The number of anilines is 1. The van der Waals surface area contributed by atoms with Crippen molar-refractivity contribution in [3.05, 3.63) is 29.8 Å². The molecule has 0 unspecified atom stereocenters. The summed E-state index contributed by atoms with van der Waals surface area (Å²) in [4.78, 5) is 14.3. The summed E-state index contributed by atoms with van der Waals surface area (Å²) in [5, 5.41) is 3.07. The Morgan fingerprint density at radius 3 is 2.53 bits per heavy atom. The van der Waals surface area contributed by atoms with Crippen molar-refractivity contribution in [1.82, 2.24) is 4.90 Å². The van der Waals surface area contributed by atoms with E-state index in [4.69, 9.17) is 0 Å². The summed E-state index contributed by atoms with van der Waals surface area (Å²) in [6, 6.07) is 7.72. The lowest BCUT2D eigenvalue weighted by Gasteiger charge is -2.20. The van der Waals surface area contributed by atoms with E-state index in [2.05, 4.69) is 5.32 Å². The zero-order valence-corrected chi connectivity index (χ0v) is 10.4. The van der Waals surface area contributed by atoms with Gasteiger partial charge in [0.15, 0.2) is 0 Å². The van der Waals surface area contributed by atoms with Gasteiger partial charge in [-0.05, 0) is 31.0 Å². The number of hydrogen-bond acceptors (Lipinski definition) is 2. The van der Waals surface area contributed by atoms with Gasteiger partial charge in [0.2, 0.25) is 0 Å². The van der Waals surface area contributed by atoms with Gasteiger partial charge in [-0.2, -0.15) is 0 Å². The molecule has 0 bridgehead atoms. The summed E-state index contributed by atoms with van der Waals surface area (Å²) in [5.41, 5.74) is 1.78. The Balaban J connectivity index is 2.11. The zero-order valence-electron chi connectivity index (χ0n) is 10.4. The molecule has 1 amide bonds. The van der Waals surface area contributed by atoms with E-state index in [0.717, 1.165) is 37.2 Å². The molecular formula is C14H20N2O. The van der Waals surface area contributed by atoms with Gasteiger partial charge in [-0.1, -0.05) is 18.9 Å². The van der Waals surface area contributed by atoms with Crippen LogP contribution in [0.1, 0.15) is 36.0 Å². The van der Waals surface area contributed by atoms with Crippen molar-refractivity contribution in [2.45, 2.75) is 25.7 Å². The predicted molar refractivity (Wildman–Crippen MR) is 70.4 cm³/mol. The maximum Gasteiger partial charge on any atom is 0.253 e. The molecule has 1 aromatic carbocycles. The van der Waals surface area contributed by atoms with E-state index in [1.54, 1.807) is 0 Å². The number of benzene rings is 1. The lowest BCUT2D eigenvalue weighted by Crippen LogP contribution is -2.31. The van der Waals surface area contributed by atoms with E-state index in [0.29, 0.717) is 0 Å². The fourth-order valence-corrected chi connectivity index (χ4v) is 2.26. The number of nitrogens with zero attached hydrogens (tertiary/aromatic N) is 1. The molecule has 0 atom stereocenters. The van der Waals surface area contributed by atoms with E-state index in [1.165, 1.54) is 12.8 Å². The van der Waals surface area contributed by atoms with Crippen molar-refractivity contribution in [3.8, 4) is 0 Å². The number of likely N-dealkylation sites (tertiary alicyclic amines) is 1. The molecule has 1 N–H and O–H groups in total. The summed E-state index contributed by atoms with van der Waals surface area (Å²) >= 11 is 0. The van der Waals surface area contributed by atoms with Crippen LogP contribution >= 0.6 is 0 Å². The molecule has 1 aromatic rings. The van der Waals surface area contributed by atoms with Gasteiger partial charge >= 0.3 is 0 Å². The summed E-state index contributed by atoms with van der Waals surface area (Å²) in [6.45, 7) is 1.81. The first kappa shape index (κ1) is 12.0. The van der Waals surface area contributed by atoms with Crippen molar-refractivity contribution >= 4 is 11.6 Å². The van der Waals surface area contributed by atoms with Gasteiger partial charge in [0.1, 0.15) is 0 Å². The molecule has 0 aliphatic carbocycles. The van der Waals surface area contributed by atoms with Crippen molar-refractivity contribution in [1.29, 1.82) is 0 Å². The minimum absolute atomic E-state index is 0.170. The van der Waals surface area contributed by atoms with Crippen LogP contribution in [0.5, 0.6) is 0 Å². The summed E-state index contributed by atoms with van der Waals surface area (Å²) in [6.07, 6.45) is 4.77. The molecule has 0 radical (unpaired) electrons. The lowest BCUT2D eigenvalue weighted by atomic mass is 10.1. The fourth-order valence-electron chi connectivity index (χ4n) is 2.26. The van der Waals surface area contributed by atoms with E-state index in [9.17, 15) is 4.79 Å². The first-order valence-corrected chi connectivity index (χ1v) is 6.38. The van der Waals surface area contributed by atoms with Crippen LogP contribution < -0.4 is 5.32 Å². The van der Waals surface area contributed by atoms with Gasteiger partial charge in [0, 0.05) is 31.4 Å². The largest absolute Gasteiger partial charge is 0.388 e. The molecule has 0 aromatic heterocycles. The molecule has 1 heterocycles. The van der Waals surface area contributed by atoms with Crippen LogP contribution in [0.2, 0.25) is 0 Å². The van der Waals surface area contributed by atoms with Crippen molar-refractivity contribution in [2.24, 2.45) is 0 Å². The lowest BCUT2D eigenvalue weighted by molar-refractivity contribution is 0.0761. The predicted octanol–water partition coefficient (Wildman–Crippen LogP) is 2.74. The molecule has 3 heteroatoms. The van der Waals surface area contributed by atoms with Gasteiger partial charge in [0.25, 0.3) is 5.91 Å². The highest BCUT2D eigenvalue weighted by Crippen LogP contribution is 2.15. The minimum Gasteiger partial charge on any atom is -0.388 e. The number of amides is 1. The molecule has 1 fully saturated rings. The minimum atomic E-state index is 0.170. The van der Waals surface area contributed by atoms with Gasteiger partial charge in [-0.3, -0.25) is 4.79 Å². The number of rotatable bonds is 2. The second-order valence-corrected chi connectivity index (χ2v) is 4.54. The maximum absolute atomic E-state index is 12.3. The Morgan fingerprint density at radius 1 is 1.18 bits per heavy atom. The Bertz CT molecular complexity index is 382.